The van der Waals surface area contributed by atoms with Crippen molar-refractivity contribution in [3.05, 3.63) is 17.5 Å². The topological polar surface area (TPSA) is 67.6 Å². The average molecular weight is 239 g/mol. The van der Waals surface area contributed by atoms with E-state index in [1.165, 1.54) is 6.20 Å². The number of carboxylic acids is 1. The predicted octanol–water partition coefficient (Wildman–Crippen LogP) is 0.341. The summed E-state index contributed by atoms with van der Waals surface area (Å²) in [6.45, 7) is 3.88. The number of aryl methyl sites for hydroxylation is 1. The predicted molar refractivity (Wildman–Crippen MR) is 60.9 cm³/mol. The molecule has 1 aromatic heterocycles. The smallest absolute Gasteiger partial charge is 0.339 e. The van der Waals surface area contributed by atoms with Crippen LogP contribution in [0.5, 0.6) is 0 Å². The lowest BCUT2D eigenvalue weighted by atomic mass is 10.2. The van der Waals surface area contributed by atoms with Crippen molar-refractivity contribution in [1.29, 1.82) is 0 Å². The number of aromatic nitrogens is 2. The fraction of sp³-hybridized carbons (Fsp3) is 0.636. The van der Waals surface area contributed by atoms with Gasteiger partial charge in [-0.3, -0.25) is 9.58 Å². The minimum atomic E-state index is -0.917. The Labute approximate surface area is 99.8 Å². The molecule has 17 heavy (non-hydrogen) atoms. The highest BCUT2D eigenvalue weighted by Gasteiger charge is 2.18. The summed E-state index contributed by atoms with van der Waals surface area (Å²) in [5.41, 5.74) is 1.04. The van der Waals surface area contributed by atoms with Gasteiger partial charge in [-0.15, -0.1) is 0 Å². The number of rotatable bonds is 3. The van der Waals surface area contributed by atoms with Gasteiger partial charge in [-0.05, 0) is 6.42 Å². The van der Waals surface area contributed by atoms with Crippen LogP contribution in [0.2, 0.25) is 0 Å². The molecule has 1 aliphatic rings. The molecule has 1 aliphatic heterocycles. The van der Waals surface area contributed by atoms with E-state index in [0.29, 0.717) is 13.2 Å². The van der Waals surface area contributed by atoms with E-state index in [1.807, 2.05) is 0 Å². The molecule has 1 fully saturated rings. The highest BCUT2D eigenvalue weighted by molar-refractivity contribution is 5.88. The van der Waals surface area contributed by atoms with Crippen molar-refractivity contribution < 1.29 is 14.6 Å². The zero-order chi connectivity index (χ0) is 12.3. The van der Waals surface area contributed by atoms with Crippen LogP contribution in [0.25, 0.3) is 0 Å². The standard InChI is InChI=1S/C11H17N3O3/c1-13-10(9(7-12-13)11(15)16)8-14-3-2-5-17-6-4-14/h7H,2-6,8H2,1H3,(H,15,16). The van der Waals surface area contributed by atoms with Crippen molar-refractivity contribution in [1.82, 2.24) is 14.7 Å². The minimum absolute atomic E-state index is 0.290. The first-order chi connectivity index (χ1) is 8.18. The summed E-state index contributed by atoms with van der Waals surface area (Å²) >= 11 is 0. The van der Waals surface area contributed by atoms with Crippen molar-refractivity contribution in [3.8, 4) is 0 Å². The van der Waals surface area contributed by atoms with Crippen molar-refractivity contribution in [2.45, 2.75) is 13.0 Å². The van der Waals surface area contributed by atoms with Gasteiger partial charge >= 0.3 is 5.97 Å². The molecule has 1 N–H and O–H groups in total. The molecule has 0 unspecified atom stereocenters. The number of carbonyl (C=O) groups is 1. The second kappa shape index (κ2) is 5.29. The molecule has 1 aromatic rings. The normalized spacial score (nSPS) is 17.9. The van der Waals surface area contributed by atoms with Crippen LogP contribution in [0, 0.1) is 0 Å². The summed E-state index contributed by atoms with van der Waals surface area (Å²) in [7, 11) is 1.77. The van der Waals surface area contributed by atoms with Crippen molar-refractivity contribution in [2.75, 3.05) is 26.3 Å². The zero-order valence-corrected chi connectivity index (χ0v) is 9.93. The first-order valence-corrected chi connectivity index (χ1v) is 5.73. The Balaban J connectivity index is 2.11. The third kappa shape index (κ3) is 2.83. The molecule has 0 spiro atoms. The van der Waals surface area contributed by atoms with Crippen LogP contribution in [-0.4, -0.2) is 52.1 Å². The molecular formula is C11H17N3O3. The summed E-state index contributed by atoms with van der Waals surface area (Å²) in [6, 6.07) is 0. The Bertz CT molecular complexity index is 395. The van der Waals surface area contributed by atoms with Crippen LogP contribution < -0.4 is 0 Å². The molecule has 0 aromatic carbocycles. The van der Waals surface area contributed by atoms with E-state index in [-0.39, 0.29) is 5.56 Å². The monoisotopic (exact) mass is 239 g/mol. The van der Waals surface area contributed by atoms with Crippen LogP contribution in [0.4, 0.5) is 0 Å². The third-order valence-electron chi connectivity index (χ3n) is 2.98. The van der Waals surface area contributed by atoms with Gasteiger partial charge in [0.25, 0.3) is 0 Å². The largest absolute Gasteiger partial charge is 0.478 e. The number of nitrogens with zero attached hydrogens (tertiary/aromatic N) is 3. The summed E-state index contributed by atoms with van der Waals surface area (Å²) < 4.78 is 7.01. The fourth-order valence-corrected chi connectivity index (χ4v) is 2.00. The van der Waals surface area contributed by atoms with Crippen molar-refractivity contribution in [2.24, 2.45) is 7.05 Å². The quantitative estimate of drug-likeness (QED) is 0.824. The second-order valence-corrected chi connectivity index (χ2v) is 4.18. The highest BCUT2D eigenvalue weighted by Crippen LogP contribution is 2.12. The summed E-state index contributed by atoms with van der Waals surface area (Å²) in [5.74, 6) is -0.917. The number of hydrogen-bond donors (Lipinski definition) is 1. The summed E-state index contributed by atoms with van der Waals surface area (Å²) in [4.78, 5) is 13.3. The van der Waals surface area contributed by atoms with E-state index in [9.17, 15) is 4.79 Å². The van der Waals surface area contributed by atoms with Crippen LogP contribution in [0.15, 0.2) is 6.20 Å². The van der Waals surface area contributed by atoms with Crippen molar-refractivity contribution in [3.63, 3.8) is 0 Å². The lowest BCUT2D eigenvalue weighted by Crippen LogP contribution is -2.27. The van der Waals surface area contributed by atoms with E-state index in [4.69, 9.17) is 9.84 Å². The lowest BCUT2D eigenvalue weighted by Gasteiger charge is -2.19. The number of aromatic carboxylic acids is 1. The maximum Gasteiger partial charge on any atom is 0.339 e. The Morgan fingerprint density at radius 3 is 3.12 bits per heavy atom. The molecule has 0 radical (unpaired) electrons. The molecule has 0 amide bonds. The lowest BCUT2D eigenvalue weighted by molar-refractivity contribution is 0.0694. The summed E-state index contributed by atoms with van der Waals surface area (Å²) in [5, 5.41) is 13.1. The van der Waals surface area contributed by atoms with Gasteiger partial charge in [-0.1, -0.05) is 0 Å². The average Bonchev–Trinajstić information content (AvgIpc) is 2.52. The molecular weight excluding hydrogens is 222 g/mol. The molecule has 0 aliphatic carbocycles. The maximum atomic E-state index is 11.0. The second-order valence-electron chi connectivity index (χ2n) is 4.18. The van der Waals surface area contributed by atoms with Crippen molar-refractivity contribution >= 4 is 5.97 Å². The molecule has 2 heterocycles. The minimum Gasteiger partial charge on any atom is -0.478 e. The van der Waals surface area contributed by atoms with E-state index in [0.717, 1.165) is 31.8 Å². The van der Waals surface area contributed by atoms with Gasteiger partial charge < -0.3 is 9.84 Å². The molecule has 1 saturated heterocycles. The van der Waals surface area contributed by atoms with Crippen LogP contribution in [0.1, 0.15) is 22.5 Å². The van der Waals surface area contributed by atoms with Crippen LogP contribution >= 0.6 is 0 Å². The Morgan fingerprint density at radius 2 is 2.35 bits per heavy atom. The Kier molecular flexibility index (Phi) is 3.75. The number of hydrogen-bond acceptors (Lipinski definition) is 4. The van der Waals surface area contributed by atoms with E-state index < -0.39 is 5.97 Å². The zero-order valence-electron chi connectivity index (χ0n) is 9.93. The molecule has 6 heteroatoms. The summed E-state index contributed by atoms with van der Waals surface area (Å²) in [6.07, 6.45) is 2.40. The SMILES string of the molecule is Cn1ncc(C(=O)O)c1CN1CCCOCC1. The Morgan fingerprint density at radius 1 is 1.53 bits per heavy atom. The van der Waals surface area contributed by atoms with E-state index in [2.05, 4.69) is 10.00 Å². The molecule has 0 atom stereocenters. The van der Waals surface area contributed by atoms with Gasteiger partial charge in [0.05, 0.1) is 18.5 Å². The molecule has 2 rings (SSSR count). The fourth-order valence-electron chi connectivity index (χ4n) is 2.00. The third-order valence-corrected chi connectivity index (χ3v) is 2.98. The first kappa shape index (κ1) is 12.1. The van der Waals surface area contributed by atoms with Gasteiger partial charge in [0.2, 0.25) is 0 Å². The first-order valence-electron chi connectivity index (χ1n) is 5.73. The van der Waals surface area contributed by atoms with Crippen LogP contribution in [-0.2, 0) is 18.3 Å². The Hall–Kier alpha value is -1.40. The number of carboxylic acid groups (broad SMARTS) is 1. The van der Waals surface area contributed by atoms with Gasteiger partial charge in [0.1, 0.15) is 5.56 Å². The van der Waals surface area contributed by atoms with E-state index >= 15 is 0 Å². The van der Waals surface area contributed by atoms with Gasteiger partial charge in [-0.2, -0.15) is 5.10 Å². The highest BCUT2D eigenvalue weighted by atomic mass is 16.5. The maximum absolute atomic E-state index is 11.0. The molecule has 6 nitrogen and oxygen atoms in total. The number of ether oxygens (including phenoxy) is 1. The van der Waals surface area contributed by atoms with Gasteiger partial charge in [0.15, 0.2) is 0 Å². The molecule has 94 valence electrons. The van der Waals surface area contributed by atoms with Gasteiger partial charge in [0, 0.05) is 33.3 Å². The van der Waals surface area contributed by atoms with Crippen LogP contribution in [0.3, 0.4) is 0 Å². The van der Waals surface area contributed by atoms with E-state index in [1.54, 1.807) is 11.7 Å². The van der Waals surface area contributed by atoms with Gasteiger partial charge in [-0.25, -0.2) is 4.79 Å². The molecule has 0 saturated carbocycles. The molecule has 0 bridgehead atoms.